The first-order chi connectivity index (χ1) is 9.18. The van der Waals surface area contributed by atoms with E-state index < -0.39 is 0 Å². The Bertz CT molecular complexity index is 291. The van der Waals surface area contributed by atoms with Crippen molar-refractivity contribution in [3.8, 4) is 0 Å². The smallest absolute Gasteiger partial charge is 0.226 e. The van der Waals surface area contributed by atoms with E-state index in [-0.39, 0.29) is 5.41 Å². The van der Waals surface area contributed by atoms with E-state index in [2.05, 4.69) is 24.5 Å². The number of rotatable bonds is 4. The molecule has 0 spiro atoms. The molecule has 2 N–H and O–H groups in total. The molecule has 0 unspecified atom stereocenters. The van der Waals surface area contributed by atoms with E-state index in [1.54, 1.807) is 0 Å². The third-order valence-electron chi connectivity index (χ3n) is 5.43. The van der Waals surface area contributed by atoms with Gasteiger partial charge in [-0.15, -0.1) is 0 Å². The molecule has 2 fully saturated rings. The Balaban J connectivity index is 1.90. The highest BCUT2D eigenvalue weighted by molar-refractivity contribution is 5.83. The number of hydrogen-bond donors (Lipinski definition) is 2. The second-order valence-electron chi connectivity index (χ2n) is 6.54. The second-order valence-corrected chi connectivity index (χ2v) is 6.54. The molecule has 0 bridgehead atoms. The summed E-state index contributed by atoms with van der Waals surface area (Å²) < 4.78 is 0. The maximum Gasteiger partial charge on any atom is 0.226 e. The molecule has 19 heavy (non-hydrogen) atoms. The molecule has 1 saturated carbocycles. The summed E-state index contributed by atoms with van der Waals surface area (Å²) in [6.45, 7) is 6.34. The van der Waals surface area contributed by atoms with Crippen LogP contribution in [0.1, 0.15) is 65.2 Å². The molecule has 2 aliphatic rings. The summed E-state index contributed by atoms with van der Waals surface area (Å²) in [6, 6.07) is 0.353. The summed E-state index contributed by atoms with van der Waals surface area (Å²) in [5.41, 5.74) is -0.103. The molecule has 1 aliphatic heterocycles. The van der Waals surface area contributed by atoms with Gasteiger partial charge in [-0.25, -0.2) is 0 Å². The van der Waals surface area contributed by atoms with Crippen LogP contribution in [0.25, 0.3) is 0 Å². The highest BCUT2D eigenvalue weighted by Gasteiger charge is 2.38. The van der Waals surface area contributed by atoms with E-state index in [0.29, 0.717) is 17.9 Å². The van der Waals surface area contributed by atoms with E-state index in [9.17, 15) is 4.79 Å². The first-order valence-corrected chi connectivity index (χ1v) is 8.19. The van der Waals surface area contributed by atoms with Crippen LogP contribution in [0.15, 0.2) is 0 Å². The topological polar surface area (TPSA) is 41.1 Å². The van der Waals surface area contributed by atoms with Gasteiger partial charge < -0.3 is 10.6 Å². The fourth-order valence-corrected chi connectivity index (χ4v) is 3.76. The number of amides is 1. The van der Waals surface area contributed by atoms with Crippen LogP contribution in [-0.4, -0.2) is 25.0 Å². The zero-order valence-electron chi connectivity index (χ0n) is 12.6. The minimum Gasteiger partial charge on any atom is -0.353 e. The highest BCUT2D eigenvalue weighted by Crippen LogP contribution is 2.34. The summed E-state index contributed by atoms with van der Waals surface area (Å²) in [5, 5.41) is 6.71. The molecule has 3 heteroatoms. The Labute approximate surface area is 117 Å². The Hall–Kier alpha value is -0.570. The molecule has 3 nitrogen and oxygen atoms in total. The van der Waals surface area contributed by atoms with Crippen molar-refractivity contribution in [2.75, 3.05) is 13.1 Å². The molecule has 1 heterocycles. The summed E-state index contributed by atoms with van der Waals surface area (Å²) in [4.78, 5) is 12.7. The van der Waals surface area contributed by atoms with Gasteiger partial charge in [0, 0.05) is 6.04 Å². The molecule has 1 saturated heterocycles. The molecular formula is C16H30N2O. The lowest BCUT2D eigenvalue weighted by molar-refractivity contribution is -0.134. The van der Waals surface area contributed by atoms with Crippen molar-refractivity contribution >= 4 is 5.91 Å². The van der Waals surface area contributed by atoms with E-state index in [4.69, 9.17) is 0 Å². The standard InChI is InChI=1S/C16H30N2O/c1-3-16(9-11-17-12-10-16)15(19)18-13(2)14-7-5-4-6-8-14/h13-14,17H,3-12H2,1-2H3,(H,18,19)/t13-/m0/s1. The zero-order valence-corrected chi connectivity index (χ0v) is 12.6. The highest BCUT2D eigenvalue weighted by atomic mass is 16.2. The van der Waals surface area contributed by atoms with E-state index >= 15 is 0 Å². The van der Waals surface area contributed by atoms with Crippen molar-refractivity contribution < 1.29 is 4.79 Å². The van der Waals surface area contributed by atoms with Gasteiger partial charge in [-0.1, -0.05) is 26.2 Å². The van der Waals surface area contributed by atoms with Crippen LogP contribution >= 0.6 is 0 Å². The Morgan fingerprint density at radius 2 is 1.89 bits per heavy atom. The Morgan fingerprint density at radius 1 is 1.26 bits per heavy atom. The molecule has 1 aliphatic carbocycles. The van der Waals surface area contributed by atoms with Crippen molar-refractivity contribution in [1.82, 2.24) is 10.6 Å². The first-order valence-electron chi connectivity index (χ1n) is 8.19. The van der Waals surface area contributed by atoms with Gasteiger partial charge in [0.05, 0.1) is 5.41 Å². The van der Waals surface area contributed by atoms with Gasteiger partial charge in [-0.05, 0) is 58.0 Å². The number of carbonyl (C=O) groups is 1. The van der Waals surface area contributed by atoms with Gasteiger partial charge in [-0.2, -0.15) is 0 Å². The molecule has 2 rings (SSSR count). The van der Waals surface area contributed by atoms with Crippen LogP contribution in [0.4, 0.5) is 0 Å². The average molecular weight is 266 g/mol. The Morgan fingerprint density at radius 3 is 2.47 bits per heavy atom. The number of carbonyl (C=O) groups excluding carboxylic acids is 1. The first kappa shape index (κ1) is 14.8. The normalized spacial score (nSPS) is 25.8. The lowest BCUT2D eigenvalue weighted by atomic mass is 9.75. The number of hydrogen-bond acceptors (Lipinski definition) is 2. The van der Waals surface area contributed by atoms with E-state index in [1.807, 2.05) is 0 Å². The molecule has 110 valence electrons. The molecule has 0 radical (unpaired) electrons. The van der Waals surface area contributed by atoms with Crippen molar-refractivity contribution in [2.45, 2.75) is 71.3 Å². The molecule has 0 aromatic heterocycles. The van der Waals surface area contributed by atoms with Crippen molar-refractivity contribution in [2.24, 2.45) is 11.3 Å². The summed E-state index contributed by atoms with van der Waals surface area (Å²) in [7, 11) is 0. The molecule has 1 amide bonds. The summed E-state index contributed by atoms with van der Waals surface area (Å²) >= 11 is 0. The minimum atomic E-state index is -0.103. The van der Waals surface area contributed by atoms with Gasteiger partial charge in [0.15, 0.2) is 0 Å². The molecule has 0 aromatic rings. The largest absolute Gasteiger partial charge is 0.353 e. The molecule has 1 atom stereocenters. The monoisotopic (exact) mass is 266 g/mol. The lowest BCUT2D eigenvalue weighted by Crippen LogP contribution is -2.51. The average Bonchev–Trinajstić information content (AvgIpc) is 2.48. The SMILES string of the molecule is CCC1(C(=O)N[C@@H](C)C2CCCCC2)CCNCC1. The van der Waals surface area contributed by atoms with Gasteiger partial charge in [-0.3, -0.25) is 4.79 Å². The molecular weight excluding hydrogens is 236 g/mol. The van der Waals surface area contributed by atoms with Gasteiger partial charge in [0.2, 0.25) is 5.91 Å². The van der Waals surface area contributed by atoms with Crippen LogP contribution in [0.5, 0.6) is 0 Å². The van der Waals surface area contributed by atoms with Crippen molar-refractivity contribution in [1.29, 1.82) is 0 Å². The second kappa shape index (κ2) is 6.74. The number of piperidine rings is 1. The maximum absolute atomic E-state index is 12.7. The predicted octanol–water partition coefficient (Wildman–Crippen LogP) is 2.85. The molecule has 0 aromatic carbocycles. The maximum atomic E-state index is 12.7. The minimum absolute atomic E-state index is 0.103. The summed E-state index contributed by atoms with van der Waals surface area (Å²) in [5.74, 6) is 1.02. The third kappa shape index (κ3) is 3.50. The fourth-order valence-electron chi connectivity index (χ4n) is 3.76. The van der Waals surface area contributed by atoms with Gasteiger partial charge >= 0.3 is 0 Å². The fraction of sp³-hybridized carbons (Fsp3) is 0.938. The van der Waals surface area contributed by atoms with Crippen LogP contribution in [-0.2, 0) is 4.79 Å². The van der Waals surface area contributed by atoms with Crippen LogP contribution in [0.2, 0.25) is 0 Å². The zero-order chi connectivity index (χ0) is 13.7. The van der Waals surface area contributed by atoms with Crippen LogP contribution in [0.3, 0.4) is 0 Å². The van der Waals surface area contributed by atoms with E-state index in [0.717, 1.165) is 32.4 Å². The lowest BCUT2D eigenvalue weighted by Gasteiger charge is -2.38. The summed E-state index contributed by atoms with van der Waals surface area (Å²) in [6.07, 6.45) is 9.60. The van der Waals surface area contributed by atoms with Crippen molar-refractivity contribution in [3.05, 3.63) is 0 Å². The van der Waals surface area contributed by atoms with Crippen LogP contribution in [0, 0.1) is 11.3 Å². The van der Waals surface area contributed by atoms with Crippen LogP contribution < -0.4 is 10.6 Å². The van der Waals surface area contributed by atoms with Crippen molar-refractivity contribution in [3.63, 3.8) is 0 Å². The quantitative estimate of drug-likeness (QED) is 0.821. The van der Waals surface area contributed by atoms with Gasteiger partial charge in [0.25, 0.3) is 0 Å². The predicted molar refractivity (Wildman–Crippen MR) is 79.0 cm³/mol. The van der Waals surface area contributed by atoms with Gasteiger partial charge in [0.1, 0.15) is 0 Å². The van der Waals surface area contributed by atoms with E-state index in [1.165, 1.54) is 32.1 Å². The Kier molecular flexibility index (Phi) is 5.26. The third-order valence-corrected chi connectivity index (χ3v) is 5.43. The number of nitrogens with one attached hydrogen (secondary N) is 2.